The minimum absolute atomic E-state index is 0.0540. The number of hydrogen-bond donors (Lipinski definition) is 1. The third-order valence-corrected chi connectivity index (χ3v) is 6.83. The molecular formula is C34H53NO15. The maximum atomic E-state index is 12.3. The van der Waals surface area contributed by atoms with Gasteiger partial charge in [-0.25, -0.2) is 0 Å². The maximum absolute atomic E-state index is 12.3. The number of esters is 1. The van der Waals surface area contributed by atoms with Crippen molar-refractivity contribution in [3.63, 3.8) is 0 Å². The summed E-state index contributed by atoms with van der Waals surface area (Å²) >= 11 is 0. The van der Waals surface area contributed by atoms with Crippen LogP contribution in [0.1, 0.15) is 46.4 Å². The van der Waals surface area contributed by atoms with Crippen LogP contribution in [0, 0.1) is 0 Å². The summed E-state index contributed by atoms with van der Waals surface area (Å²) in [6, 6.07) is 6.79. The highest BCUT2D eigenvalue weighted by atomic mass is 16.6. The summed E-state index contributed by atoms with van der Waals surface area (Å²) in [5, 5.41) is 8.55. The van der Waals surface area contributed by atoms with E-state index in [1.165, 1.54) is 4.90 Å². The molecule has 0 spiro atoms. The number of aliphatic carboxylic acids is 1. The zero-order valence-electron chi connectivity index (χ0n) is 28.9. The highest BCUT2D eigenvalue weighted by Crippen LogP contribution is 2.21. The summed E-state index contributed by atoms with van der Waals surface area (Å²) < 4.78 is 53.9. The van der Waals surface area contributed by atoms with Crippen LogP contribution >= 0.6 is 0 Å². The average molecular weight is 716 g/mol. The molecule has 1 aliphatic rings. The molecule has 16 nitrogen and oxygen atoms in total. The number of amides is 2. The van der Waals surface area contributed by atoms with Crippen molar-refractivity contribution in [2.24, 2.45) is 0 Å². The molecule has 0 atom stereocenters. The monoisotopic (exact) mass is 715 g/mol. The Morgan fingerprint density at radius 2 is 0.800 bits per heavy atom. The van der Waals surface area contributed by atoms with E-state index in [2.05, 4.69) is 0 Å². The van der Waals surface area contributed by atoms with Crippen molar-refractivity contribution in [3.8, 4) is 0 Å². The lowest BCUT2D eigenvalue weighted by molar-refractivity contribution is -0.146. The Kier molecular flexibility index (Phi) is 25.6. The third-order valence-electron chi connectivity index (χ3n) is 6.83. The van der Waals surface area contributed by atoms with E-state index in [9.17, 15) is 19.2 Å². The van der Waals surface area contributed by atoms with Crippen molar-refractivity contribution in [2.75, 3.05) is 132 Å². The van der Waals surface area contributed by atoms with Crippen LogP contribution in [0.3, 0.4) is 0 Å². The lowest BCUT2D eigenvalue weighted by Gasteiger charge is -2.13. The minimum atomic E-state index is -0.868. The highest BCUT2D eigenvalue weighted by Gasteiger charge is 2.34. The molecule has 16 heteroatoms. The van der Waals surface area contributed by atoms with Gasteiger partial charge in [0.05, 0.1) is 137 Å². The molecule has 0 saturated carbocycles. The Labute approximate surface area is 293 Å². The van der Waals surface area contributed by atoms with Gasteiger partial charge in [-0.3, -0.25) is 24.1 Å². The van der Waals surface area contributed by atoms with Crippen LogP contribution in [-0.4, -0.2) is 166 Å². The molecule has 1 N–H and O–H groups in total. The Balaban J connectivity index is 1.18. The zero-order valence-corrected chi connectivity index (χ0v) is 28.9. The maximum Gasteiger partial charge on any atom is 0.305 e. The molecule has 0 radical (unpaired) electrons. The summed E-state index contributed by atoms with van der Waals surface area (Å²) in [6.45, 7) is 7.74. The predicted molar refractivity (Wildman–Crippen MR) is 176 cm³/mol. The average Bonchev–Trinajstić information content (AvgIpc) is 3.35. The van der Waals surface area contributed by atoms with E-state index < -0.39 is 5.97 Å². The van der Waals surface area contributed by atoms with Crippen molar-refractivity contribution in [2.45, 2.75) is 25.7 Å². The first-order valence-corrected chi connectivity index (χ1v) is 17.0. The van der Waals surface area contributed by atoms with Crippen LogP contribution in [0.4, 0.5) is 0 Å². The Morgan fingerprint density at radius 3 is 1.16 bits per heavy atom. The van der Waals surface area contributed by atoms with Crippen LogP contribution in [0.2, 0.25) is 0 Å². The second-order valence-electron chi connectivity index (χ2n) is 10.6. The first kappa shape index (κ1) is 43.1. The second kappa shape index (κ2) is 29.6. The molecule has 0 unspecified atom stereocenters. The number of carbonyl (C=O) groups excluding carboxylic acids is 3. The molecule has 0 aromatic heterocycles. The highest BCUT2D eigenvalue weighted by molar-refractivity contribution is 6.21. The molecule has 0 aliphatic carbocycles. The van der Waals surface area contributed by atoms with Gasteiger partial charge < -0.3 is 52.5 Å². The molecule has 2 rings (SSSR count). The number of rotatable bonds is 35. The third kappa shape index (κ3) is 21.2. The van der Waals surface area contributed by atoms with Gasteiger partial charge >= 0.3 is 11.9 Å². The number of benzene rings is 1. The Morgan fingerprint density at radius 1 is 0.480 bits per heavy atom. The van der Waals surface area contributed by atoms with Gasteiger partial charge in [0.25, 0.3) is 11.8 Å². The lowest BCUT2D eigenvalue weighted by Crippen LogP contribution is -2.33. The number of fused-ring (bicyclic) bond motifs is 1. The van der Waals surface area contributed by atoms with Crippen molar-refractivity contribution in [3.05, 3.63) is 35.4 Å². The van der Waals surface area contributed by atoms with E-state index in [4.69, 9.17) is 52.5 Å². The molecular weight excluding hydrogens is 662 g/mol. The van der Waals surface area contributed by atoms with Crippen molar-refractivity contribution in [1.29, 1.82) is 0 Å². The molecule has 284 valence electrons. The van der Waals surface area contributed by atoms with Crippen LogP contribution in [0.5, 0.6) is 0 Å². The lowest BCUT2D eigenvalue weighted by atomic mass is 10.1. The summed E-state index contributed by atoms with van der Waals surface area (Å²) in [7, 11) is 0. The quantitative estimate of drug-likeness (QED) is 0.0607. The number of ether oxygens (including phenoxy) is 10. The molecule has 1 aromatic rings. The molecule has 0 fully saturated rings. The van der Waals surface area contributed by atoms with Crippen LogP contribution in [0.15, 0.2) is 24.3 Å². The van der Waals surface area contributed by atoms with Gasteiger partial charge in [0.15, 0.2) is 0 Å². The summed E-state index contributed by atoms with van der Waals surface area (Å²) in [5.74, 6) is -1.79. The van der Waals surface area contributed by atoms with Gasteiger partial charge in [-0.15, -0.1) is 0 Å². The summed E-state index contributed by atoms with van der Waals surface area (Å²) in [5.41, 5.74) is 0.868. The number of carbonyl (C=O) groups is 4. The normalized spacial score (nSPS) is 12.5. The number of hydrogen-bond acceptors (Lipinski definition) is 14. The van der Waals surface area contributed by atoms with Crippen LogP contribution in [-0.2, 0) is 57.0 Å². The first-order valence-electron chi connectivity index (χ1n) is 17.0. The van der Waals surface area contributed by atoms with Gasteiger partial charge in [0.1, 0.15) is 6.61 Å². The molecule has 1 heterocycles. The van der Waals surface area contributed by atoms with Gasteiger partial charge in [0.2, 0.25) is 0 Å². The standard InChI is InChI=1S/C34H53NO15/c36-31(37)7-3-4-8-32(38)50-28-27-49-26-25-48-24-23-47-22-21-46-20-19-45-18-17-44-16-15-43-14-13-42-12-11-41-10-9-35-33(39)29-5-1-2-6-30(29)34(35)40/h1-2,5-6H,3-4,7-28H2,(H,36,37). The first-order chi connectivity index (χ1) is 24.5. The van der Waals surface area contributed by atoms with E-state index >= 15 is 0 Å². The van der Waals surface area contributed by atoms with Crippen LogP contribution < -0.4 is 0 Å². The van der Waals surface area contributed by atoms with Crippen molar-refractivity contribution in [1.82, 2.24) is 4.90 Å². The van der Waals surface area contributed by atoms with Gasteiger partial charge in [-0.2, -0.15) is 0 Å². The predicted octanol–water partition coefficient (Wildman–Crippen LogP) is 1.62. The van der Waals surface area contributed by atoms with E-state index in [1.807, 2.05) is 0 Å². The smallest absolute Gasteiger partial charge is 0.305 e. The number of unbranched alkanes of at least 4 members (excludes halogenated alkanes) is 1. The zero-order chi connectivity index (χ0) is 35.9. The Hall–Kier alpha value is -3.06. The number of imide groups is 1. The van der Waals surface area contributed by atoms with Gasteiger partial charge in [-0.05, 0) is 25.0 Å². The molecule has 2 amide bonds. The molecule has 0 saturated heterocycles. The number of carboxylic acids is 1. The number of nitrogens with zero attached hydrogens (tertiary/aromatic N) is 1. The van der Waals surface area contributed by atoms with E-state index in [-0.39, 0.29) is 57.0 Å². The SMILES string of the molecule is O=C(O)CCCCC(=O)OCCOCCOCCOCCOCCOCCOCCOCCOCCOCCN1C(=O)c2ccccc2C1=O. The fourth-order valence-corrected chi connectivity index (χ4v) is 4.29. The molecule has 0 bridgehead atoms. The largest absolute Gasteiger partial charge is 0.481 e. The van der Waals surface area contributed by atoms with E-state index in [1.54, 1.807) is 24.3 Å². The topological polar surface area (TPSA) is 184 Å². The minimum Gasteiger partial charge on any atom is -0.481 e. The van der Waals surface area contributed by atoms with Crippen molar-refractivity contribution < 1.29 is 71.7 Å². The fraction of sp³-hybridized carbons (Fsp3) is 0.706. The summed E-state index contributed by atoms with van der Waals surface area (Å²) in [4.78, 5) is 47.7. The van der Waals surface area contributed by atoms with E-state index in [0.717, 1.165) is 0 Å². The summed E-state index contributed by atoms with van der Waals surface area (Å²) in [6.07, 6.45) is 1.21. The molecule has 50 heavy (non-hydrogen) atoms. The fourth-order valence-electron chi connectivity index (χ4n) is 4.29. The number of carboxylic acid groups (broad SMARTS) is 1. The van der Waals surface area contributed by atoms with Crippen molar-refractivity contribution >= 4 is 23.8 Å². The van der Waals surface area contributed by atoms with Crippen LogP contribution in [0.25, 0.3) is 0 Å². The van der Waals surface area contributed by atoms with E-state index in [0.29, 0.717) is 130 Å². The molecule has 1 aliphatic heterocycles. The molecule has 1 aromatic carbocycles. The van der Waals surface area contributed by atoms with Gasteiger partial charge in [0, 0.05) is 12.8 Å². The Bertz CT molecular complexity index is 1040. The second-order valence-corrected chi connectivity index (χ2v) is 10.6. The van der Waals surface area contributed by atoms with Gasteiger partial charge in [-0.1, -0.05) is 12.1 Å².